The standard InChI is InChI=1S/C14H19ClN2O3/c1-4-17(5-2)13(18)9(3)20-14(19)11-7-6-10(16)8-12(11)15/h6-9H,4-5,16H2,1-3H3. The average Bonchev–Trinajstić information content (AvgIpc) is 2.39. The quantitative estimate of drug-likeness (QED) is 0.669. The zero-order valence-electron chi connectivity index (χ0n) is 11.9. The number of halogens is 1. The molecule has 1 aromatic rings. The van der Waals surface area contributed by atoms with Crippen molar-refractivity contribution in [1.29, 1.82) is 0 Å². The molecule has 0 heterocycles. The highest BCUT2D eigenvalue weighted by atomic mass is 35.5. The van der Waals surface area contributed by atoms with Crippen molar-refractivity contribution in [2.75, 3.05) is 18.8 Å². The van der Waals surface area contributed by atoms with Crippen molar-refractivity contribution in [3.63, 3.8) is 0 Å². The molecule has 6 heteroatoms. The summed E-state index contributed by atoms with van der Waals surface area (Å²) in [6.07, 6.45) is -0.851. The average molecular weight is 299 g/mol. The van der Waals surface area contributed by atoms with E-state index in [9.17, 15) is 9.59 Å². The van der Waals surface area contributed by atoms with Gasteiger partial charge in [0.25, 0.3) is 5.91 Å². The van der Waals surface area contributed by atoms with E-state index < -0.39 is 12.1 Å². The number of hydrogen-bond donors (Lipinski definition) is 1. The predicted octanol–water partition coefficient (Wildman–Crippen LogP) is 2.34. The zero-order chi connectivity index (χ0) is 15.3. The monoisotopic (exact) mass is 298 g/mol. The second-order valence-corrected chi connectivity index (χ2v) is 4.70. The summed E-state index contributed by atoms with van der Waals surface area (Å²) in [5, 5.41) is 0.206. The number of carbonyl (C=O) groups is 2. The molecule has 0 aliphatic rings. The molecule has 0 saturated heterocycles. The minimum Gasteiger partial charge on any atom is -0.449 e. The smallest absolute Gasteiger partial charge is 0.340 e. The van der Waals surface area contributed by atoms with Gasteiger partial charge in [0, 0.05) is 18.8 Å². The molecule has 20 heavy (non-hydrogen) atoms. The number of nitrogens with two attached hydrogens (primary N) is 1. The summed E-state index contributed by atoms with van der Waals surface area (Å²) in [5.74, 6) is -0.863. The first-order valence-corrected chi connectivity index (χ1v) is 6.83. The van der Waals surface area contributed by atoms with Crippen LogP contribution in [0.1, 0.15) is 31.1 Å². The van der Waals surface area contributed by atoms with Gasteiger partial charge in [-0.25, -0.2) is 4.79 Å². The van der Waals surface area contributed by atoms with Crippen LogP contribution in [0.3, 0.4) is 0 Å². The van der Waals surface area contributed by atoms with Gasteiger partial charge in [0.2, 0.25) is 0 Å². The lowest BCUT2D eigenvalue weighted by atomic mass is 10.2. The molecule has 1 atom stereocenters. The van der Waals surface area contributed by atoms with Crippen LogP contribution in [0.4, 0.5) is 5.69 Å². The van der Waals surface area contributed by atoms with Gasteiger partial charge in [0.1, 0.15) is 0 Å². The first kappa shape index (κ1) is 16.3. The van der Waals surface area contributed by atoms with Gasteiger partial charge in [-0.15, -0.1) is 0 Å². The molecular weight excluding hydrogens is 280 g/mol. The molecule has 0 saturated carbocycles. The summed E-state index contributed by atoms with van der Waals surface area (Å²) in [7, 11) is 0. The summed E-state index contributed by atoms with van der Waals surface area (Å²) in [6.45, 7) is 6.42. The van der Waals surface area contributed by atoms with E-state index in [0.717, 1.165) is 0 Å². The Hall–Kier alpha value is -1.75. The van der Waals surface area contributed by atoms with Crippen LogP contribution in [-0.2, 0) is 9.53 Å². The lowest BCUT2D eigenvalue weighted by molar-refractivity contribution is -0.139. The summed E-state index contributed by atoms with van der Waals surface area (Å²) < 4.78 is 5.15. The maximum atomic E-state index is 12.0. The first-order valence-electron chi connectivity index (χ1n) is 6.45. The molecule has 0 radical (unpaired) electrons. The van der Waals surface area contributed by atoms with E-state index in [1.54, 1.807) is 17.9 Å². The zero-order valence-corrected chi connectivity index (χ0v) is 12.6. The normalized spacial score (nSPS) is 11.8. The van der Waals surface area contributed by atoms with Gasteiger partial charge >= 0.3 is 5.97 Å². The molecule has 1 amide bonds. The van der Waals surface area contributed by atoms with E-state index in [0.29, 0.717) is 18.8 Å². The van der Waals surface area contributed by atoms with Crippen LogP contribution in [0.5, 0.6) is 0 Å². The van der Waals surface area contributed by atoms with Gasteiger partial charge in [0.15, 0.2) is 6.10 Å². The van der Waals surface area contributed by atoms with Gasteiger partial charge in [-0.3, -0.25) is 4.79 Å². The van der Waals surface area contributed by atoms with E-state index >= 15 is 0 Å². The van der Waals surface area contributed by atoms with Crippen LogP contribution in [0.2, 0.25) is 5.02 Å². The third kappa shape index (κ3) is 3.87. The molecule has 0 aliphatic carbocycles. The summed E-state index contributed by atoms with van der Waals surface area (Å²) in [4.78, 5) is 25.6. The fraction of sp³-hybridized carbons (Fsp3) is 0.429. The Labute approximate surface area is 123 Å². The third-order valence-electron chi connectivity index (χ3n) is 2.92. The number of nitrogen functional groups attached to an aromatic ring is 1. The Morgan fingerprint density at radius 3 is 2.45 bits per heavy atom. The Bertz CT molecular complexity index is 501. The van der Waals surface area contributed by atoms with Gasteiger partial charge < -0.3 is 15.4 Å². The van der Waals surface area contributed by atoms with Crippen molar-refractivity contribution < 1.29 is 14.3 Å². The fourth-order valence-electron chi connectivity index (χ4n) is 1.76. The lowest BCUT2D eigenvalue weighted by Crippen LogP contribution is -2.39. The van der Waals surface area contributed by atoms with Crippen LogP contribution >= 0.6 is 11.6 Å². The number of carbonyl (C=O) groups excluding carboxylic acids is 2. The van der Waals surface area contributed by atoms with Crippen molar-refractivity contribution in [1.82, 2.24) is 4.90 Å². The molecule has 1 rings (SSSR count). The van der Waals surface area contributed by atoms with E-state index in [-0.39, 0.29) is 16.5 Å². The SMILES string of the molecule is CCN(CC)C(=O)C(C)OC(=O)c1ccc(N)cc1Cl. The largest absolute Gasteiger partial charge is 0.449 e. The Morgan fingerprint density at radius 2 is 1.95 bits per heavy atom. The maximum Gasteiger partial charge on any atom is 0.340 e. The molecule has 1 aromatic carbocycles. The van der Waals surface area contributed by atoms with E-state index in [1.807, 2.05) is 13.8 Å². The Kier molecular flexibility index (Phi) is 5.82. The summed E-state index contributed by atoms with van der Waals surface area (Å²) >= 11 is 5.93. The second kappa shape index (κ2) is 7.14. The van der Waals surface area contributed by atoms with E-state index in [4.69, 9.17) is 22.1 Å². The molecule has 2 N–H and O–H groups in total. The predicted molar refractivity (Wildman–Crippen MR) is 78.7 cm³/mol. The number of benzene rings is 1. The molecule has 0 bridgehead atoms. The number of anilines is 1. The topological polar surface area (TPSA) is 72.6 Å². The van der Waals surface area contributed by atoms with Crippen LogP contribution in [-0.4, -0.2) is 36.0 Å². The minimum absolute atomic E-state index is 0.195. The van der Waals surface area contributed by atoms with E-state index in [1.165, 1.54) is 12.1 Å². The molecule has 110 valence electrons. The Morgan fingerprint density at radius 1 is 1.35 bits per heavy atom. The highest BCUT2D eigenvalue weighted by Gasteiger charge is 2.23. The summed E-state index contributed by atoms with van der Waals surface area (Å²) in [6, 6.07) is 4.50. The van der Waals surface area contributed by atoms with Crippen molar-refractivity contribution in [2.24, 2.45) is 0 Å². The second-order valence-electron chi connectivity index (χ2n) is 4.30. The molecule has 0 spiro atoms. The first-order chi connectivity index (χ1) is 9.40. The number of esters is 1. The number of hydrogen-bond acceptors (Lipinski definition) is 4. The van der Waals surface area contributed by atoms with E-state index in [2.05, 4.69) is 0 Å². The molecule has 0 fully saturated rings. The number of rotatable bonds is 5. The van der Waals surface area contributed by atoms with Gasteiger partial charge in [-0.2, -0.15) is 0 Å². The molecule has 1 unspecified atom stereocenters. The number of ether oxygens (including phenoxy) is 1. The number of likely N-dealkylation sites (N-methyl/N-ethyl adjacent to an activating group) is 1. The summed E-state index contributed by atoms with van der Waals surface area (Å²) in [5.41, 5.74) is 6.21. The molecule has 0 aromatic heterocycles. The van der Waals surface area contributed by atoms with Crippen LogP contribution < -0.4 is 5.73 Å². The van der Waals surface area contributed by atoms with Crippen LogP contribution in [0, 0.1) is 0 Å². The number of nitrogens with zero attached hydrogens (tertiary/aromatic N) is 1. The molecular formula is C14H19ClN2O3. The van der Waals surface area contributed by atoms with Crippen molar-refractivity contribution in [3.05, 3.63) is 28.8 Å². The van der Waals surface area contributed by atoms with Gasteiger partial charge in [-0.1, -0.05) is 11.6 Å². The lowest BCUT2D eigenvalue weighted by Gasteiger charge is -2.22. The highest BCUT2D eigenvalue weighted by Crippen LogP contribution is 2.20. The minimum atomic E-state index is -0.851. The van der Waals surface area contributed by atoms with Gasteiger partial charge in [-0.05, 0) is 39.0 Å². The highest BCUT2D eigenvalue weighted by molar-refractivity contribution is 6.33. The van der Waals surface area contributed by atoms with Crippen molar-refractivity contribution in [3.8, 4) is 0 Å². The van der Waals surface area contributed by atoms with Crippen LogP contribution in [0.15, 0.2) is 18.2 Å². The maximum absolute atomic E-state index is 12.0. The van der Waals surface area contributed by atoms with Crippen molar-refractivity contribution in [2.45, 2.75) is 26.9 Å². The van der Waals surface area contributed by atoms with Crippen molar-refractivity contribution >= 4 is 29.2 Å². The molecule has 0 aliphatic heterocycles. The third-order valence-corrected chi connectivity index (χ3v) is 3.23. The molecule has 5 nitrogen and oxygen atoms in total. The fourth-order valence-corrected chi connectivity index (χ4v) is 2.03. The van der Waals surface area contributed by atoms with Gasteiger partial charge in [0.05, 0.1) is 10.6 Å². The number of amides is 1. The Balaban J connectivity index is 2.77. The van der Waals surface area contributed by atoms with Crippen LogP contribution in [0.25, 0.3) is 0 Å².